The number of hydrogen-bond acceptors (Lipinski definition) is 7. The molecule has 0 spiro atoms. The van der Waals surface area contributed by atoms with Crippen LogP contribution in [0.25, 0.3) is 0 Å². The van der Waals surface area contributed by atoms with E-state index in [1.54, 1.807) is 33.8 Å². The third-order valence-electron chi connectivity index (χ3n) is 3.35. The summed E-state index contributed by atoms with van der Waals surface area (Å²) in [5.74, 6) is -1.84. The molecule has 9 heteroatoms. The minimum absolute atomic E-state index is 0.0466. The summed E-state index contributed by atoms with van der Waals surface area (Å²) in [6.45, 7) is 7.13. The van der Waals surface area contributed by atoms with Gasteiger partial charge in [-0.2, -0.15) is 0 Å². The summed E-state index contributed by atoms with van der Waals surface area (Å²) in [5, 5.41) is 2.56. The van der Waals surface area contributed by atoms with Crippen molar-refractivity contribution >= 4 is 23.9 Å². The lowest BCUT2D eigenvalue weighted by atomic mass is 10.1. The molecule has 1 heterocycles. The maximum absolute atomic E-state index is 12.4. The molecular weight excluding hydrogens is 344 g/mol. The Bertz CT molecular complexity index is 592. The van der Waals surface area contributed by atoms with E-state index < -0.39 is 42.1 Å². The molecule has 0 saturated heterocycles. The van der Waals surface area contributed by atoms with E-state index in [2.05, 4.69) is 10.1 Å². The Labute approximate surface area is 152 Å². The summed E-state index contributed by atoms with van der Waals surface area (Å²) in [5.41, 5.74) is -0.377. The second kappa shape index (κ2) is 9.21. The van der Waals surface area contributed by atoms with Gasteiger partial charge in [0.15, 0.2) is 0 Å². The van der Waals surface area contributed by atoms with Crippen molar-refractivity contribution in [3.05, 3.63) is 11.6 Å². The lowest BCUT2D eigenvalue weighted by Gasteiger charge is -2.36. The maximum atomic E-state index is 12.4. The van der Waals surface area contributed by atoms with Crippen LogP contribution in [0, 0.1) is 0 Å². The number of rotatable bonds is 5. The molecule has 26 heavy (non-hydrogen) atoms. The monoisotopic (exact) mass is 370 g/mol. The molecule has 0 aromatic carbocycles. The Balaban J connectivity index is 2.93. The summed E-state index contributed by atoms with van der Waals surface area (Å²) in [4.78, 5) is 48.9. The van der Waals surface area contributed by atoms with Gasteiger partial charge >= 0.3 is 18.0 Å². The van der Waals surface area contributed by atoms with Gasteiger partial charge in [-0.05, 0) is 27.7 Å². The van der Waals surface area contributed by atoms with E-state index in [0.29, 0.717) is 5.57 Å². The molecule has 9 nitrogen and oxygen atoms in total. The zero-order chi connectivity index (χ0) is 19.9. The first-order valence-electron chi connectivity index (χ1n) is 8.29. The molecule has 0 aromatic heterocycles. The number of amides is 2. The molecule has 0 fully saturated rings. The van der Waals surface area contributed by atoms with Gasteiger partial charge in [-0.1, -0.05) is 6.08 Å². The third-order valence-corrected chi connectivity index (χ3v) is 3.35. The van der Waals surface area contributed by atoms with Gasteiger partial charge < -0.3 is 19.5 Å². The van der Waals surface area contributed by atoms with Gasteiger partial charge in [0, 0.05) is 18.5 Å². The van der Waals surface area contributed by atoms with Crippen LogP contribution in [0.1, 0.15) is 40.5 Å². The minimum atomic E-state index is -0.841. The molecule has 0 bridgehead atoms. The van der Waals surface area contributed by atoms with E-state index in [4.69, 9.17) is 9.47 Å². The molecule has 1 atom stereocenters. The van der Waals surface area contributed by atoms with Crippen molar-refractivity contribution in [2.24, 2.45) is 0 Å². The molecular formula is C17H26N2O7. The fraction of sp³-hybridized carbons (Fsp3) is 0.647. The first-order valence-corrected chi connectivity index (χ1v) is 8.29. The highest BCUT2D eigenvalue weighted by Gasteiger charge is 2.34. The van der Waals surface area contributed by atoms with Crippen molar-refractivity contribution < 1.29 is 33.4 Å². The molecule has 1 aliphatic rings. The third kappa shape index (κ3) is 6.73. The Hall–Kier alpha value is -2.58. The SMILES string of the molecule is CCOC(=O)C1=CCN(C(=O)OC(C)(C)C)C(NC(=O)CC(=O)OC)C1. The van der Waals surface area contributed by atoms with Crippen LogP contribution < -0.4 is 5.32 Å². The summed E-state index contributed by atoms with van der Waals surface area (Å²) < 4.78 is 14.7. The van der Waals surface area contributed by atoms with Crippen molar-refractivity contribution in [2.75, 3.05) is 20.3 Å². The normalized spacial score (nSPS) is 17.0. The number of nitrogens with zero attached hydrogens (tertiary/aromatic N) is 1. The first kappa shape index (κ1) is 21.5. The largest absolute Gasteiger partial charge is 0.469 e. The number of carbonyl (C=O) groups is 4. The average molecular weight is 370 g/mol. The van der Waals surface area contributed by atoms with Crippen LogP contribution in [0.5, 0.6) is 0 Å². The van der Waals surface area contributed by atoms with Crippen LogP contribution in [-0.4, -0.2) is 60.9 Å². The van der Waals surface area contributed by atoms with Crippen molar-refractivity contribution in [3.63, 3.8) is 0 Å². The Morgan fingerprint density at radius 3 is 2.46 bits per heavy atom. The minimum Gasteiger partial charge on any atom is -0.469 e. The Kier molecular flexibility index (Phi) is 7.60. The Morgan fingerprint density at radius 2 is 1.92 bits per heavy atom. The van der Waals surface area contributed by atoms with Crippen molar-refractivity contribution in [1.82, 2.24) is 10.2 Å². The van der Waals surface area contributed by atoms with Gasteiger partial charge in [0.1, 0.15) is 18.2 Å². The molecule has 1 rings (SSSR count). The molecule has 0 aromatic rings. The van der Waals surface area contributed by atoms with Crippen LogP contribution in [0.3, 0.4) is 0 Å². The maximum Gasteiger partial charge on any atom is 0.412 e. The van der Waals surface area contributed by atoms with Gasteiger partial charge in [-0.25, -0.2) is 9.59 Å². The molecule has 1 N–H and O–H groups in total. The lowest BCUT2D eigenvalue weighted by molar-refractivity contribution is -0.144. The summed E-state index contributed by atoms with van der Waals surface area (Å²) in [7, 11) is 1.17. The summed E-state index contributed by atoms with van der Waals surface area (Å²) in [6, 6.07) is 0. The average Bonchev–Trinajstić information content (AvgIpc) is 2.53. The second-order valence-electron chi connectivity index (χ2n) is 6.62. The van der Waals surface area contributed by atoms with Crippen LogP contribution in [-0.2, 0) is 28.6 Å². The van der Waals surface area contributed by atoms with E-state index in [1.807, 2.05) is 0 Å². The fourth-order valence-electron chi connectivity index (χ4n) is 2.22. The highest BCUT2D eigenvalue weighted by Crippen LogP contribution is 2.20. The number of ether oxygens (including phenoxy) is 3. The predicted molar refractivity (Wildman–Crippen MR) is 90.8 cm³/mol. The quantitative estimate of drug-likeness (QED) is 0.438. The van der Waals surface area contributed by atoms with Crippen molar-refractivity contribution in [3.8, 4) is 0 Å². The summed E-state index contributed by atoms with van der Waals surface area (Å²) in [6.07, 6.45) is -0.366. The number of carbonyl (C=O) groups excluding carboxylic acids is 4. The lowest BCUT2D eigenvalue weighted by Crippen LogP contribution is -2.54. The van der Waals surface area contributed by atoms with Crippen LogP contribution in [0.15, 0.2) is 11.6 Å². The summed E-state index contributed by atoms with van der Waals surface area (Å²) >= 11 is 0. The highest BCUT2D eigenvalue weighted by molar-refractivity contribution is 5.94. The van der Waals surface area contributed by atoms with Gasteiger partial charge in [0.05, 0.1) is 13.7 Å². The number of nitrogens with one attached hydrogen (secondary N) is 1. The van der Waals surface area contributed by atoms with E-state index in [0.717, 1.165) is 0 Å². The highest BCUT2D eigenvalue weighted by atomic mass is 16.6. The smallest absolute Gasteiger partial charge is 0.412 e. The van der Waals surface area contributed by atoms with E-state index in [-0.39, 0.29) is 19.6 Å². The van der Waals surface area contributed by atoms with Gasteiger partial charge in [-0.15, -0.1) is 0 Å². The van der Waals surface area contributed by atoms with Crippen LogP contribution in [0.2, 0.25) is 0 Å². The standard InChI is InChI=1S/C17H26N2O7/c1-6-25-15(22)11-7-8-19(16(23)26-17(2,3)4)12(9-11)18-13(20)10-14(21)24-5/h7,12H,6,8-10H2,1-5H3,(H,18,20). The molecule has 1 aliphatic heterocycles. The number of methoxy groups -OCH3 is 1. The fourth-order valence-corrected chi connectivity index (χ4v) is 2.22. The molecule has 0 saturated carbocycles. The zero-order valence-corrected chi connectivity index (χ0v) is 15.8. The van der Waals surface area contributed by atoms with Crippen LogP contribution in [0.4, 0.5) is 4.79 Å². The zero-order valence-electron chi connectivity index (χ0n) is 15.8. The first-order chi connectivity index (χ1) is 12.1. The molecule has 0 radical (unpaired) electrons. The molecule has 1 unspecified atom stereocenters. The van der Waals surface area contributed by atoms with E-state index >= 15 is 0 Å². The van der Waals surface area contributed by atoms with E-state index in [1.165, 1.54) is 12.0 Å². The number of hydrogen-bond donors (Lipinski definition) is 1. The Morgan fingerprint density at radius 1 is 1.27 bits per heavy atom. The number of esters is 2. The van der Waals surface area contributed by atoms with Crippen LogP contribution >= 0.6 is 0 Å². The van der Waals surface area contributed by atoms with E-state index in [9.17, 15) is 19.2 Å². The van der Waals surface area contributed by atoms with Crippen molar-refractivity contribution in [2.45, 2.75) is 52.3 Å². The molecule has 146 valence electrons. The predicted octanol–water partition coefficient (Wildman–Crippen LogP) is 1.12. The van der Waals surface area contributed by atoms with Gasteiger partial charge in [-0.3, -0.25) is 14.5 Å². The van der Waals surface area contributed by atoms with Crippen molar-refractivity contribution in [1.29, 1.82) is 0 Å². The van der Waals surface area contributed by atoms with Gasteiger partial charge in [0.2, 0.25) is 5.91 Å². The second-order valence-corrected chi connectivity index (χ2v) is 6.62. The topological polar surface area (TPSA) is 111 Å². The van der Waals surface area contributed by atoms with Gasteiger partial charge in [0.25, 0.3) is 0 Å². The molecule has 2 amide bonds. The molecule has 0 aliphatic carbocycles.